The number of hydrogen-bond donors (Lipinski definition) is 3. The van der Waals surface area contributed by atoms with E-state index in [1.165, 1.54) is 25.4 Å². The lowest BCUT2D eigenvalue weighted by molar-refractivity contribution is 0.168. The highest BCUT2D eigenvalue weighted by Crippen LogP contribution is 2.44. The predicted octanol–water partition coefficient (Wildman–Crippen LogP) is 4.12. The summed E-state index contributed by atoms with van der Waals surface area (Å²) in [6.45, 7) is 3.84. The largest absolute Gasteiger partial charge is 0.453 e. The van der Waals surface area contributed by atoms with E-state index in [1.807, 2.05) is 0 Å². The smallest absolute Gasteiger partial charge is 0.407 e. The maximum absolute atomic E-state index is 15.6. The minimum Gasteiger partial charge on any atom is -0.453 e. The number of carbonyl (C=O) groups excluding carboxylic acids is 1. The summed E-state index contributed by atoms with van der Waals surface area (Å²) in [7, 11) is -2.41. The Balaban J connectivity index is 1.66. The summed E-state index contributed by atoms with van der Waals surface area (Å²) in [5.74, 6) is 0.266. The summed E-state index contributed by atoms with van der Waals surface area (Å²) in [5, 5.41) is 5.67. The Morgan fingerprint density at radius 3 is 2.76 bits per heavy atom. The molecule has 1 aromatic carbocycles. The van der Waals surface area contributed by atoms with E-state index in [1.54, 1.807) is 26.0 Å². The quantitative estimate of drug-likeness (QED) is 0.331. The second-order valence-electron chi connectivity index (χ2n) is 8.78. The van der Waals surface area contributed by atoms with Crippen LogP contribution in [0, 0.1) is 5.82 Å². The van der Waals surface area contributed by atoms with Gasteiger partial charge in [-0.1, -0.05) is 13.0 Å². The number of amides is 1. The first-order valence-corrected chi connectivity index (χ1v) is 13.6. The van der Waals surface area contributed by atoms with Gasteiger partial charge in [-0.3, -0.25) is 4.72 Å². The Morgan fingerprint density at radius 1 is 1.27 bits per heavy atom. The molecule has 4 rings (SSSR count). The SMILES string of the molecule is CCCS(=O)(=O)Nc1cccc(-c2nc(C3CC3)oc2-c2ccnc(NC[C@H](C)NC(=O)OC)n2)c1F. The van der Waals surface area contributed by atoms with E-state index in [9.17, 15) is 13.2 Å². The Hall–Kier alpha value is -3.74. The van der Waals surface area contributed by atoms with Gasteiger partial charge in [0.25, 0.3) is 0 Å². The number of anilines is 2. The molecule has 1 aliphatic rings. The van der Waals surface area contributed by atoms with Crippen molar-refractivity contribution >= 4 is 27.8 Å². The molecule has 3 aromatic rings. The number of nitrogens with one attached hydrogen (secondary N) is 3. The van der Waals surface area contributed by atoms with Crippen LogP contribution >= 0.6 is 0 Å². The number of carbonyl (C=O) groups is 1. The van der Waals surface area contributed by atoms with Crippen LogP contribution in [0.1, 0.15) is 44.9 Å². The van der Waals surface area contributed by atoms with E-state index >= 15 is 4.39 Å². The summed E-state index contributed by atoms with van der Waals surface area (Å²) in [6.07, 6.45) is 3.21. The van der Waals surface area contributed by atoms with Crippen molar-refractivity contribution in [3.63, 3.8) is 0 Å². The van der Waals surface area contributed by atoms with Gasteiger partial charge in [-0.25, -0.2) is 32.6 Å². The summed E-state index contributed by atoms with van der Waals surface area (Å²) in [6, 6.07) is 5.79. The molecule has 1 amide bonds. The van der Waals surface area contributed by atoms with Crippen LogP contribution in [0.3, 0.4) is 0 Å². The van der Waals surface area contributed by atoms with Crippen molar-refractivity contribution in [1.29, 1.82) is 0 Å². The molecule has 2 aromatic heterocycles. The fourth-order valence-electron chi connectivity index (χ4n) is 3.60. The lowest BCUT2D eigenvalue weighted by atomic mass is 10.1. The molecule has 0 bridgehead atoms. The van der Waals surface area contributed by atoms with E-state index in [2.05, 4.69) is 35.0 Å². The molecule has 1 saturated carbocycles. The second kappa shape index (κ2) is 11.1. The van der Waals surface area contributed by atoms with Gasteiger partial charge in [-0.05, 0) is 44.4 Å². The van der Waals surface area contributed by atoms with Gasteiger partial charge >= 0.3 is 6.09 Å². The van der Waals surface area contributed by atoms with Crippen molar-refractivity contribution < 1.29 is 26.8 Å². The number of nitrogens with zero attached hydrogens (tertiary/aromatic N) is 3. The lowest BCUT2D eigenvalue weighted by Gasteiger charge is -2.14. The number of oxazole rings is 1. The van der Waals surface area contributed by atoms with Gasteiger partial charge in [0.2, 0.25) is 16.0 Å². The number of ether oxygens (including phenoxy) is 1. The van der Waals surface area contributed by atoms with Crippen LogP contribution in [0.4, 0.5) is 20.8 Å². The van der Waals surface area contributed by atoms with Gasteiger partial charge in [0.1, 0.15) is 11.4 Å². The Bertz CT molecular complexity index is 1380. The maximum Gasteiger partial charge on any atom is 0.407 e. The van der Waals surface area contributed by atoms with Crippen LogP contribution in [0.25, 0.3) is 22.7 Å². The number of aromatic nitrogens is 3. The van der Waals surface area contributed by atoms with Crippen LogP contribution < -0.4 is 15.4 Å². The molecule has 13 heteroatoms. The maximum atomic E-state index is 15.6. The van der Waals surface area contributed by atoms with Crippen LogP contribution in [0.15, 0.2) is 34.9 Å². The normalized spacial score (nSPS) is 14.2. The number of benzene rings is 1. The summed E-state index contributed by atoms with van der Waals surface area (Å²) in [5.41, 5.74) is 0.523. The van der Waals surface area contributed by atoms with Crippen molar-refractivity contribution in [3.8, 4) is 22.7 Å². The van der Waals surface area contributed by atoms with Gasteiger partial charge in [0.15, 0.2) is 17.5 Å². The first kappa shape index (κ1) is 26.3. The van der Waals surface area contributed by atoms with E-state index < -0.39 is 21.9 Å². The van der Waals surface area contributed by atoms with Crippen LogP contribution in [0.5, 0.6) is 0 Å². The van der Waals surface area contributed by atoms with Crippen LogP contribution in [-0.2, 0) is 14.8 Å². The third-order valence-electron chi connectivity index (χ3n) is 5.57. The molecule has 2 heterocycles. The molecule has 1 aliphatic carbocycles. The van der Waals surface area contributed by atoms with Crippen LogP contribution in [-0.4, -0.2) is 54.9 Å². The Labute approximate surface area is 214 Å². The number of sulfonamides is 1. The number of hydrogen-bond acceptors (Lipinski definition) is 9. The molecule has 3 N–H and O–H groups in total. The fourth-order valence-corrected chi connectivity index (χ4v) is 4.74. The highest BCUT2D eigenvalue weighted by atomic mass is 32.2. The second-order valence-corrected chi connectivity index (χ2v) is 10.6. The van der Waals surface area contributed by atoms with Gasteiger partial charge in [0.05, 0.1) is 18.6 Å². The van der Waals surface area contributed by atoms with Crippen LogP contribution in [0.2, 0.25) is 0 Å². The van der Waals surface area contributed by atoms with Crippen molar-refractivity contribution in [3.05, 3.63) is 42.2 Å². The number of methoxy groups -OCH3 is 1. The van der Waals surface area contributed by atoms with Gasteiger partial charge in [0, 0.05) is 30.3 Å². The van der Waals surface area contributed by atoms with Crippen molar-refractivity contribution in [2.45, 2.75) is 45.1 Å². The molecule has 0 unspecified atom stereocenters. The van der Waals surface area contributed by atoms with Gasteiger partial charge in [-0.15, -0.1) is 0 Å². The van der Waals surface area contributed by atoms with E-state index in [0.29, 0.717) is 24.6 Å². The summed E-state index contributed by atoms with van der Waals surface area (Å²) < 4.78 is 53.0. The summed E-state index contributed by atoms with van der Waals surface area (Å²) in [4.78, 5) is 24.7. The summed E-state index contributed by atoms with van der Waals surface area (Å²) >= 11 is 0. The molecule has 11 nitrogen and oxygen atoms in total. The number of halogens is 1. The molecular weight excluding hydrogens is 503 g/mol. The zero-order chi connectivity index (χ0) is 26.6. The average molecular weight is 533 g/mol. The highest BCUT2D eigenvalue weighted by molar-refractivity contribution is 7.92. The third kappa shape index (κ3) is 6.53. The molecule has 1 fully saturated rings. The van der Waals surface area contributed by atoms with E-state index in [0.717, 1.165) is 12.8 Å². The van der Waals surface area contributed by atoms with Gasteiger partial charge in [-0.2, -0.15) is 0 Å². The predicted molar refractivity (Wildman–Crippen MR) is 136 cm³/mol. The first-order valence-electron chi connectivity index (χ1n) is 11.9. The number of rotatable bonds is 11. The van der Waals surface area contributed by atoms with Gasteiger partial charge < -0.3 is 19.8 Å². The minimum absolute atomic E-state index is 0.0892. The van der Waals surface area contributed by atoms with Crippen molar-refractivity contribution in [2.24, 2.45) is 0 Å². The molecule has 37 heavy (non-hydrogen) atoms. The molecular formula is C24H29FN6O5S. The number of alkyl carbamates (subject to hydrolysis) is 1. The zero-order valence-corrected chi connectivity index (χ0v) is 21.6. The van der Waals surface area contributed by atoms with Crippen molar-refractivity contribution in [2.75, 3.05) is 29.4 Å². The molecule has 0 radical (unpaired) electrons. The molecule has 0 aliphatic heterocycles. The van der Waals surface area contributed by atoms with E-state index in [-0.39, 0.29) is 46.4 Å². The lowest BCUT2D eigenvalue weighted by Crippen LogP contribution is -2.37. The third-order valence-corrected chi connectivity index (χ3v) is 7.04. The fraction of sp³-hybridized carbons (Fsp3) is 0.417. The molecule has 198 valence electrons. The topological polar surface area (TPSA) is 148 Å². The van der Waals surface area contributed by atoms with Crippen molar-refractivity contribution in [1.82, 2.24) is 20.3 Å². The molecule has 0 spiro atoms. The monoisotopic (exact) mass is 532 g/mol. The van der Waals surface area contributed by atoms with E-state index in [4.69, 9.17) is 4.42 Å². The Kier molecular flexibility index (Phi) is 7.91. The zero-order valence-electron chi connectivity index (χ0n) is 20.7. The first-order chi connectivity index (χ1) is 17.7. The average Bonchev–Trinajstić information content (AvgIpc) is 3.62. The minimum atomic E-state index is -3.69. The molecule has 0 saturated heterocycles. The molecule has 1 atom stereocenters. The Morgan fingerprint density at radius 2 is 2.05 bits per heavy atom. The standard InChI is InChI=1S/C24H29FN6O5S/c1-4-12-37(33,34)31-17-7-5-6-16(19(17)25)20-21(36-22(30-20)15-8-9-15)18-10-11-26-23(29-18)27-13-14(2)28-24(32)35-3/h5-7,10-11,14-15,31H,4,8-9,12-13H2,1-3H3,(H,28,32)(H,26,27,29)/t14-/m0/s1. The highest BCUT2D eigenvalue weighted by Gasteiger charge is 2.32.